The number of hydrogen-bond donors (Lipinski definition) is 0. The average Bonchev–Trinajstić information content (AvgIpc) is 3.35. The minimum absolute atomic E-state index is 0.0162. The van der Waals surface area contributed by atoms with Gasteiger partial charge in [-0.1, -0.05) is 18.5 Å². The standard InChI is InChI=1S/C16H10ClF3N7O2S/c1-2-30(28,29)11-3-4-13(26-8-21-7-23-26)24-15(11)27-14(17)9-6-22-12(16(18,19)20)5-10(9)25-27/h3-5,7-8H,2H2,1H3/q+1. The molecule has 0 saturated heterocycles. The summed E-state index contributed by atoms with van der Waals surface area (Å²) >= 11 is 6.28. The van der Waals surface area contributed by atoms with Gasteiger partial charge < -0.3 is 0 Å². The zero-order valence-electron chi connectivity index (χ0n) is 15.0. The smallest absolute Gasteiger partial charge is 0.224 e. The lowest BCUT2D eigenvalue weighted by Gasteiger charge is -2.11. The van der Waals surface area contributed by atoms with Crippen LogP contribution in [0.25, 0.3) is 22.5 Å². The van der Waals surface area contributed by atoms with Crippen molar-refractivity contribution in [3.05, 3.63) is 47.9 Å². The van der Waals surface area contributed by atoms with Crippen molar-refractivity contribution in [1.29, 1.82) is 0 Å². The van der Waals surface area contributed by atoms with E-state index in [1.54, 1.807) is 0 Å². The predicted molar refractivity (Wildman–Crippen MR) is 95.9 cm³/mol. The minimum atomic E-state index is -4.71. The highest BCUT2D eigenvalue weighted by atomic mass is 35.5. The largest absolute Gasteiger partial charge is 0.497 e. The van der Waals surface area contributed by atoms with E-state index in [4.69, 9.17) is 11.6 Å². The maximum atomic E-state index is 13.0. The summed E-state index contributed by atoms with van der Waals surface area (Å²) in [5, 5.41) is 7.75. The third-order valence-electron chi connectivity index (χ3n) is 4.10. The summed E-state index contributed by atoms with van der Waals surface area (Å²) in [4.78, 5) is 11.1. The summed E-state index contributed by atoms with van der Waals surface area (Å²) in [5.74, 6) is -0.242. The first-order chi connectivity index (χ1) is 14.1. The molecular formula is C16H10ClF3N7O2S+. The van der Waals surface area contributed by atoms with Gasteiger partial charge >= 0.3 is 18.1 Å². The first-order valence-electron chi connectivity index (χ1n) is 8.25. The molecule has 14 heteroatoms. The molecule has 0 fully saturated rings. The van der Waals surface area contributed by atoms with Crippen molar-refractivity contribution in [2.45, 2.75) is 18.0 Å². The van der Waals surface area contributed by atoms with Gasteiger partial charge in [-0.2, -0.15) is 23.4 Å². The molecular weight excluding hydrogens is 447 g/mol. The third kappa shape index (κ3) is 3.33. The molecule has 0 unspecified atom stereocenters. The molecule has 0 spiro atoms. The van der Waals surface area contributed by atoms with Crippen molar-refractivity contribution in [2.24, 2.45) is 0 Å². The second kappa shape index (κ2) is 6.92. The maximum absolute atomic E-state index is 13.0. The van der Waals surface area contributed by atoms with Gasteiger partial charge in [0.05, 0.1) is 11.8 Å². The molecule has 4 aromatic rings. The molecule has 0 amide bonds. The zero-order valence-corrected chi connectivity index (χ0v) is 16.5. The molecule has 4 heterocycles. The van der Waals surface area contributed by atoms with Gasteiger partial charge in [0, 0.05) is 0 Å². The van der Waals surface area contributed by atoms with E-state index in [1.165, 1.54) is 36.4 Å². The number of hydrogen-bond acceptors (Lipinski definition) is 6. The Balaban J connectivity index is 1.99. The van der Waals surface area contributed by atoms with Crippen LogP contribution in [0.4, 0.5) is 13.2 Å². The number of alkyl halides is 3. The molecule has 9 nitrogen and oxygen atoms in total. The summed E-state index contributed by atoms with van der Waals surface area (Å²) in [6.45, 7) is 1.44. The molecule has 154 valence electrons. The molecule has 0 bridgehead atoms. The summed E-state index contributed by atoms with van der Waals surface area (Å²) < 4.78 is 66.3. The lowest BCUT2D eigenvalue weighted by molar-refractivity contribution is -0.358. The number of sulfone groups is 1. The average molecular weight is 457 g/mol. The quantitative estimate of drug-likeness (QED) is 0.461. The van der Waals surface area contributed by atoms with E-state index in [0.717, 1.165) is 4.68 Å². The molecule has 0 saturated carbocycles. The Labute approximate surface area is 172 Å². The number of nitrogens with zero attached hydrogens (tertiary/aromatic N) is 7. The van der Waals surface area contributed by atoms with Crippen LogP contribution in [0.2, 0.25) is 5.15 Å². The van der Waals surface area contributed by atoms with Crippen LogP contribution in [-0.4, -0.2) is 43.7 Å². The van der Waals surface area contributed by atoms with Gasteiger partial charge in [0.2, 0.25) is 0 Å². The number of pyridine rings is 1. The van der Waals surface area contributed by atoms with Gasteiger partial charge in [0.25, 0.3) is 0 Å². The summed E-state index contributed by atoms with van der Waals surface area (Å²) in [5.41, 5.74) is -1.38. The van der Waals surface area contributed by atoms with Crippen molar-refractivity contribution in [1.82, 2.24) is 29.5 Å². The Morgan fingerprint density at radius 3 is 2.70 bits per heavy atom. The Kier molecular flexibility index (Phi) is 4.63. The highest BCUT2D eigenvalue weighted by molar-refractivity contribution is 7.91. The number of fused-ring (bicyclic) bond motifs is 1. The first kappa shape index (κ1) is 20.0. The fourth-order valence-electron chi connectivity index (χ4n) is 2.61. The van der Waals surface area contributed by atoms with Gasteiger partial charge in [-0.3, -0.25) is 0 Å². The Morgan fingerprint density at radius 2 is 2.07 bits per heavy atom. The molecule has 0 aromatic carbocycles. The highest BCUT2D eigenvalue weighted by Gasteiger charge is 2.42. The van der Waals surface area contributed by atoms with Gasteiger partial charge in [-0.15, -0.1) is 0 Å². The van der Waals surface area contributed by atoms with Crippen molar-refractivity contribution < 1.29 is 26.6 Å². The Bertz CT molecular complexity index is 1350. The number of aromatic nitrogens is 7. The van der Waals surface area contributed by atoms with Crippen LogP contribution in [0, 0.1) is 6.20 Å². The number of rotatable bonds is 4. The molecule has 0 aliphatic rings. The molecule has 4 rings (SSSR count). The SMILES string of the molecule is CCS(=O)(=O)c1ccc(-n2cncn2)nc1-n1nc2cc(C(F)(F)F)[n+]#cc2c1Cl. The molecule has 0 atom stereocenters. The lowest BCUT2D eigenvalue weighted by Crippen LogP contribution is -2.15. The van der Waals surface area contributed by atoms with E-state index in [1.807, 2.05) is 0 Å². The highest BCUT2D eigenvalue weighted by Crippen LogP contribution is 2.31. The van der Waals surface area contributed by atoms with Crippen LogP contribution >= 0.6 is 11.6 Å². The number of halogens is 4. The normalized spacial score (nSPS) is 12.3. The van der Waals surface area contributed by atoms with Crippen LogP contribution in [0.1, 0.15) is 12.6 Å². The Hall–Kier alpha value is -3.24. The van der Waals surface area contributed by atoms with Crippen LogP contribution in [-0.2, 0) is 16.0 Å². The second-order valence-corrected chi connectivity index (χ2v) is 8.55. The van der Waals surface area contributed by atoms with Crippen LogP contribution in [0.3, 0.4) is 0 Å². The van der Waals surface area contributed by atoms with Crippen molar-refractivity contribution >= 4 is 32.3 Å². The van der Waals surface area contributed by atoms with E-state index in [-0.39, 0.29) is 38.3 Å². The van der Waals surface area contributed by atoms with E-state index in [9.17, 15) is 21.6 Å². The molecule has 4 aromatic heterocycles. The minimum Gasteiger partial charge on any atom is -0.224 e. The van der Waals surface area contributed by atoms with Gasteiger partial charge in [0.15, 0.2) is 32.0 Å². The van der Waals surface area contributed by atoms with E-state index >= 15 is 0 Å². The van der Waals surface area contributed by atoms with Crippen LogP contribution < -0.4 is 4.98 Å². The fourth-order valence-corrected chi connectivity index (χ4v) is 3.86. The summed E-state index contributed by atoms with van der Waals surface area (Å²) in [7, 11) is -3.78. The van der Waals surface area contributed by atoms with Gasteiger partial charge in [-0.25, -0.2) is 27.7 Å². The molecule has 0 N–H and O–H groups in total. The lowest BCUT2D eigenvalue weighted by atomic mass is 10.3. The van der Waals surface area contributed by atoms with E-state index in [2.05, 4.69) is 31.3 Å². The second-order valence-electron chi connectivity index (χ2n) is 5.95. The first-order valence-corrected chi connectivity index (χ1v) is 10.3. The predicted octanol–water partition coefficient (Wildman–Crippen LogP) is 1.87. The maximum Gasteiger partial charge on any atom is 0.497 e. The summed E-state index contributed by atoms with van der Waals surface area (Å²) in [6, 6.07) is 3.40. The Morgan fingerprint density at radius 1 is 1.30 bits per heavy atom. The monoisotopic (exact) mass is 456 g/mol. The van der Waals surface area contributed by atoms with E-state index in [0.29, 0.717) is 6.07 Å². The van der Waals surface area contributed by atoms with Gasteiger partial charge in [-0.05, 0) is 17.1 Å². The molecule has 30 heavy (non-hydrogen) atoms. The topological polar surface area (TPSA) is 110 Å². The van der Waals surface area contributed by atoms with Gasteiger partial charge in [0.1, 0.15) is 23.1 Å². The summed E-state index contributed by atoms with van der Waals surface area (Å²) in [6.07, 6.45) is 0.102. The van der Waals surface area contributed by atoms with Crippen molar-refractivity contribution in [3.63, 3.8) is 0 Å². The fraction of sp³-hybridized carbons (Fsp3) is 0.188. The molecule has 0 aliphatic carbocycles. The van der Waals surface area contributed by atoms with Crippen molar-refractivity contribution in [2.75, 3.05) is 5.75 Å². The van der Waals surface area contributed by atoms with Crippen LogP contribution in [0.5, 0.6) is 0 Å². The third-order valence-corrected chi connectivity index (χ3v) is 6.20. The molecule has 0 radical (unpaired) electrons. The van der Waals surface area contributed by atoms with E-state index < -0.39 is 21.7 Å². The molecule has 0 aliphatic heterocycles. The van der Waals surface area contributed by atoms with Crippen LogP contribution in [0.15, 0.2) is 35.7 Å². The zero-order chi connectivity index (χ0) is 21.7. The van der Waals surface area contributed by atoms with Crippen molar-refractivity contribution in [3.8, 4) is 11.6 Å².